The first kappa shape index (κ1) is 16.8. The summed E-state index contributed by atoms with van der Waals surface area (Å²) in [5, 5.41) is 8.37. The number of rotatable bonds is 4. The van der Waals surface area contributed by atoms with Gasteiger partial charge in [0.05, 0.1) is 12.2 Å². The van der Waals surface area contributed by atoms with Crippen molar-refractivity contribution < 1.29 is 4.52 Å². The molecule has 1 fully saturated rings. The van der Waals surface area contributed by atoms with Crippen LogP contribution in [0.1, 0.15) is 11.7 Å². The predicted octanol–water partition coefficient (Wildman–Crippen LogP) is 1.80. The molecule has 0 spiro atoms. The van der Waals surface area contributed by atoms with Crippen LogP contribution in [0, 0.1) is 6.92 Å². The number of hydrogen-bond donors (Lipinski definition) is 0. The summed E-state index contributed by atoms with van der Waals surface area (Å²) in [4.78, 5) is 17.9. The van der Waals surface area contributed by atoms with Crippen LogP contribution in [0.5, 0.6) is 0 Å². The second-order valence-electron chi connectivity index (χ2n) is 6.83. The molecular formula is C19H20N8O. The van der Waals surface area contributed by atoms with Crippen LogP contribution in [0.25, 0.3) is 17.0 Å². The number of fused-ring (bicyclic) bond motifs is 1. The molecule has 0 atom stereocenters. The lowest BCUT2D eigenvalue weighted by molar-refractivity contribution is 0.239. The molecule has 4 aromatic rings. The Hall–Kier alpha value is -3.33. The van der Waals surface area contributed by atoms with Crippen molar-refractivity contribution in [2.24, 2.45) is 0 Å². The molecule has 5 rings (SSSR count). The summed E-state index contributed by atoms with van der Waals surface area (Å²) in [5.41, 5.74) is 1.97. The number of anilines is 1. The molecule has 1 aromatic carbocycles. The highest BCUT2D eigenvalue weighted by molar-refractivity contribution is 5.65. The average Bonchev–Trinajstić information content (AvgIpc) is 3.37. The SMILES string of the molecule is Cc1nc(CN2CCN(c3cc(-c4ccccc4)nc4ncnn34)CC2)no1. The number of aryl methyl sites for hydroxylation is 1. The maximum atomic E-state index is 5.07. The van der Waals surface area contributed by atoms with Crippen LogP contribution < -0.4 is 4.90 Å². The first-order chi connectivity index (χ1) is 13.8. The topological polar surface area (TPSA) is 88.5 Å². The van der Waals surface area contributed by atoms with Gasteiger partial charge in [0.2, 0.25) is 5.89 Å². The van der Waals surface area contributed by atoms with Crippen molar-refractivity contribution in [3.8, 4) is 11.3 Å². The van der Waals surface area contributed by atoms with Gasteiger partial charge in [-0.05, 0) is 0 Å². The minimum absolute atomic E-state index is 0.604. The Morgan fingerprint density at radius 1 is 1.04 bits per heavy atom. The molecule has 3 aromatic heterocycles. The Morgan fingerprint density at radius 2 is 1.86 bits per heavy atom. The van der Waals surface area contributed by atoms with E-state index in [9.17, 15) is 0 Å². The van der Waals surface area contributed by atoms with Crippen LogP contribution in [0.15, 0.2) is 47.2 Å². The van der Waals surface area contributed by atoms with Crippen LogP contribution in [0.2, 0.25) is 0 Å². The first-order valence-electron chi connectivity index (χ1n) is 9.29. The van der Waals surface area contributed by atoms with E-state index >= 15 is 0 Å². The Bertz CT molecular complexity index is 1080. The summed E-state index contributed by atoms with van der Waals surface area (Å²) in [6, 6.07) is 12.2. The molecule has 0 unspecified atom stereocenters. The second-order valence-corrected chi connectivity index (χ2v) is 6.83. The van der Waals surface area contributed by atoms with Crippen LogP contribution in [0.3, 0.4) is 0 Å². The largest absolute Gasteiger partial charge is 0.354 e. The number of hydrogen-bond acceptors (Lipinski definition) is 8. The molecule has 9 heteroatoms. The Balaban J connectivity index is 1.38. The third kappa shape index (κ3) is 3.20. The van der Waals surface area contributed by atoms with Crippen molar-refractivity contribution in [2.75, 3.05) is 31.1 Å². The fourth-order valence-corrected chi connectivity index (χ4v) is 3.52. The summed E-state index contributed by atoms with van der Waals surface area (Å²) in [5.74, 6) is 2.96. The van der Waals surface area contributed by atoms with Crippen molar-refractivity contribution >= 4 is 11.6 Å². The normalized spacial score (nSPS) is 15.4. The van der Waals surface area contributed by atoms with Gasteiger partial charge in [-0.2, -0.15) is 19.6 Å². The molecule has 0 N–H and O–H groups in total. The summed E-state index contributed by atoms with van der Waals surface area (Å²) in [6.07, 6.45) is 1.55. The Morgan fingerprint density at radius 3 is 2.61 bits per heavy atom. The zero-order chi connectivity index (χ0) is 18.9. The molecule has 0 radical (unpaired) electrons. The van der Waals surface area contributed by atoms with Gasteiger partial charge in [-0.25, -0.2) is 4.98 Å². The summed E-state index contributed by atoms with van der Waals surface area (Å²) in [6.45, 7) is 6.09. The third-order valence-electron chi connectivity index (χ3n) is 4.93. The molecule has 0 amide bonds. The molecule has 28 heavy (non-hydrogen) atoms. The van der Waals surface area contributed by atoms with E-state index in [0.717, 1.165) is 49.1 Å². The van der Waals surface area contributed by atoms with Gasteiger partial charge in [-0.1, -0.05) is 35.5 Å². The molecule has 142 valence electrons. The molecule has 0 aliphatic carbocycles. The van der Waals surface area contributed by atoms with Crippen molar-refractivity contribution in [1.82, 2.24) is 34.6 Å². The number of benzene rings is 1. The van der Waals surface area contributed by atoms with E-state index in [-0.39, 0.29) is 0 Å². The van der Waals surface area contributed by atoms with Gasteiger partial charge in [0.15, 0.2) is 5.82 Å². The lowest BCUT2D eigenvalue weighted by atomic mass is 10.1. The smallest absolute Gasteiger partial charge is 0.254 e. The Labute approximate surface area is 161 Å². The van der Waals surface area contributed by atoms with Crippen LogP contribution in [0.4, 0.5) is 5.82 Å². The number of aromatic nitrogens is 6. The predicted molar refractivity (Wildman–Crippen MR) is 103 cm³/mol. The van der Waals surface area contributed by atoms with Crippen molar-refractivity contribution in [1.29, 1.82) is 0 Å². The molecule has 1 saturated heterocycles. The van der Waals surface area contributed by atoms with E-state index in [4.69, 9.17) is 4.52 Å². The minimum atomic E-state index is 0.604. The van der Waals surface area contributed by atoms with E-state index in [2.05, 4.69) is 53.2 Å². The van der Waals surface area contributed by atoms with E-state index < -0.39 is 0 Å². The summed E-state index contributed by atoms with van der Waals surface area (Å²) in [7, 11) is 0. The van der Waals surface area contributed by atoms with Gasteiger partial charge in [0.25, 0.3) is 5.78 Å². The van der Waals surface area contributed by atoms with Crippen LogP contribution in [-0.4, -0.2) is 60.8 Å². The van der Waals surface area contributed by atoms with E-state index in [1.165, 1.54) is 0 Å². The molecular weight excluding hydrogens is 356 g/mol. The van der Waals surface area contributed by atoms with E-state index in [1.54, 1.807) is 6.33 Å². The average molecular weight is 376 g/mol. The van der Waals surface area contributed by atoms with Crippen molar-refractivity contribution in [2.45, 2.75) is 13.5 Å². The fourth-order valence-electron chi connectivity index (χ4n) is 3.52. The van der Waals surface area contributed by atoms with Gasteiger partial charge in [0.1, 0.15) is 12.1 Å². The maximum absolute atomic E-state index is 5.07. The zero-order valence-electron chi connectivity index (χ0n) is 15.6. The second kappa shape index (κ2) is 7.01. The highest BCUT2D eigenvalue weighted by Crippen LogP contribution is 2.24. The molecule has 1 aliphatic heterocycles. The lowest BCUT2D eigenvalue weighted by Crippen LogP contribution is -2.46. The molecule has 9 nitrogen and oxygen atoms in total. The monoisotopic (exact) mass is 376 g/mol. The zero-order valence-corrected chi connectivity index (χ0v) is 15.6. The van der Waals surface area contributed by atoms with Gasteiger partial charge < -0.3 is 9.42 Å². The van der Waals surface area contributed by atoms with E-state index in [0.29, 0.717) is 18.2 Å². The maximum Gasteiger partial charge on any atom is 0.254 e. The molecule has 4 heterocycles. The van der Waals surface area contributed by atoms with Gasteiger partial charge in [-0.3, -0.25) is 4.90 Å². The standard InChI is InChI=1S/C19H20N8O/c1-14-22-17(24-28-14)12-25-7-9-26(10-8-25)18-11-16(15-5-3-2-4-6-15)23-19-20-13-21-27(18)19/h2-6,11,13H,7-10,12H2,1H3. The van der Waals surface area contributed by atoms with Gasteiger partial charge >= 0.3 is 0 Å². The van der Waals surface area contributed by atoms with Crippen LogP contribution >= 0.6 is 0 Å². The summed E-state index contributed by atoms with van der Waals surface area (Å²) >= 11 is 0. The number of nitrogens with zero attached hydrogens (tertiary/aromatic N) is 8. The first-order valence-corrected chi connectivity index (χ1v) is 9.29. The molecule has 0 saturated carbocycles. The van der Waals surface area contributed by atoms with Gasteiger partial charge in [0, 0.05) is 44.7 Å². The summed E-state index contributed by atoms with van der Waals surface area (Å²) < 4.78 is 6.88. The lowest BCUT2D eigenvalue weighted by Gasteiger charge is -2.35. The van der Waals surface area contributed by atoms with Crippen LogP contribution in [-0.2, 0) is 6.54 Å². The fraction of sp³-hybridized carbons (Fsp3) is 0.316. The quantitative estimate of drug-likeness (QED) is 0.533. The Kier molecular flexibility index (Phi) is 4.21. The highest BCUT2D eigenvalue weighted by atomic mass is 16.5. The minimum Gasteiger partial charge on any atom is -0.354 e. The third-order valence-corrected chi connectivity index (χ3v) is 4.93. The molecule has 1 aliphatic rings. The molecule has 0 bridgehead atoms. The van der Waals surface area contributed by atoms with Crippen molar-refractivity contribution in [3.63, 3.8) is 0 Å². The highest BCUT2D eigenvalue weighted by Gasteiger charge is 2.22. The van der Waals surface area contributed by atoms with Gasteiger partial charge in [-0.15, -0.1) is 0 Å². The number of piperazine rings is 1. The van der Waals surface area contributed by atoms with E-state index in [1.807, 2.05) is 29.6 Å². The van der Waals surface area contributed by atoms with Crippen molar-refractivity contribution in [3.05, 3.63) is 54.4 Å².